The van der Waals surface area contributed by atoms with E-state index in [2.05, 4.69) is 346 Å². The van der Waals surface area contributed by atoms with Gasteiger partial charge in [0.2, 0.25) is 0 Å². The van der Waals surface area contributed by atoms with Crippen LogP contribution < -0.4 is 26.2 Å². The number of nitrogens with zero attached hydrogens (tertiary/aromatic N) is 4. The maximum atomic E-state index is 10.7. The molecular weight excluding hydrogens is 1690 g/mol. The van der Waals surface area contributed by atoms with Crippen molar-refractivity contribution in [2.45, 2.75) is 31.6 Å². The molecule has 0 radical (unpaired) electrons. The van der Waals surface area contributed by atoms with E-state index in [4.69, 9.17) is 0 Å². The molecule has 0 bridgehead atoms. The molecule has 2 aliphatic carbocycles. The van der Waals surface area contributed by atoms with Gasteiger partial charge in [0.25, 0.3) is 6.71 Å². The SMILES string of the molecule is [2H]c1c([2H])c([2H])c2c(c1[2H])c1c([2H])c(-c3ccccc3)c([2H])c([2H])c1n2-c1ccc2c(c1)N(c1c(-c3ccccc3)cccc1-c1ccc3c(ccc4ccccc43)c1)c1cc(-c3ccc4c(c3)-c3ccccc3C43c4ccccc4-c4ccccc43)cc3c1B2c1ccc(-n2c4c([2H])c([2H])c([2H])c([2H])c4c4c([2H])c(-c5ccccc5)c([2H])c([2H])c42)cc1N3c1c(-c2ccccc2)cc(C(C)(C)C)cc1-c1ccc2c(ccc3ccccc32)c1. The smallest absolute Gasteiger partial charge is 0.252 e. The van der Waals surface area contributed by atoms with Crippen LogP contribution in [0.3, 0.4) is 0 Å². The molecule has 5 heteroatoms. The van der Waals surface area contributed by atoms with E-state index in [0.717, 1.165) is 166 Å². The number of anilines is 6. The van der Waals surface area contributed by atoms with E-state index in [-0.39, 0.29) is 91.0 Å². The van der Waals surface area contributed by atoms with Crippen LogP contribution in [0.1, 0.15) is 67.8 Å². The van der Waals surface area contributed by atoms with Crippen molar-refractivity contribution in [3.05, 3.63) is 513 Å². The maximum Gasteiger partial charge on any atom is 0.252 e. The third-order valence-electron chi connectivity index (χ3n) is 30.1. The number of hydrogen-bond donors (Lipinski definition) is 0. The zero-order valence-corrected chi connectivity index (χ0v) is 76.5. The third kappa shape index (κ3) is 11.9. The largest absolute Gasteiger partial charge is 0.310 e. The second-order valence-corrected chi connectivity index (χ2v) is 38.5. The van der Waals surface area contributed by atoms with Crippen LogP contribution in [0.25, 0.3) is 198 Å². The zero-order valence-electron chi connectivity index (χ0n) is 90.5. The lowest BCUT2D eigenvalue weighted by Crippen LogP contribution is -2.61. The molecule has 2 aliphatic heterocycles. The molecule has 0 unspecified atom stereocenters. The first kappa shape index (κ1) is 66.7. The molecule has 0 saturated heterocycles. The number of rotatable bonds is 11. The van der Waals surface area contributed by atoms with Crippen LogP contribution in [-0.4, -0.2) is 15.8 Å². The summed E-state index contributed by atoms with van der Waals surface area (Å²) in [5, 5.41) is 8.71. The lowest BCUT2D eigenvalue weighted by molar-refractivity contribution is 0.591. The molecule has 4 aliphatic rings. The van der Waals surface area contributed by atoms with Gasteiger partial charge >= 0.3 is 0 Å². The quantitative estimate of drug-likeness (QED) is 0.0948. The molecule has 652 valence electrons. The van der Waals surface area contributed by atoms with Gasteiger partial charge in [0.1, 0.15) is 0 Å². The summed E-state index contributed by atoms with van der Waals surface area (Å²) in [5.74, 6) is 0. The normalized spacial score (nSPS) is 14.5. The highest BCUT2D eigenvalue weighted by atomic mass is 15.2. The minimum atomic E-state index is -0.854. The van der Waals surface area contributed by atoms with E-state index in [1.807, 2.05) is 60.7 Å². The molecule has 4 heterocycles. The van der Waals surface area contributed by atoms with Gasteiger partial charge in [-0.15, -0.1) is 0 Å². The number of benzene rings is 23. The van der Waals surface area contributed by atoms with Gasteiger partial charge in [-0.2, -0.15) is 0 Å². The summed E-state index contributed by atoms with van der Waals surface area (Å²) in [7, 11) is 0. The number of para-hydroxylation sites is 3. The summed E-state index contributed by atoms with van der Waals surface area (Å²) in [5.41, 5.74) is 26.0. The zero-order chi connectivity index (χ0) is 105. The molecule has 0 fully saturated rings. The Morgan fingerprint density at radius 2 is 0.621 bits per heavy atom. The topological polar surface area (TPSA) is 16.3 Å². The summed E-state index contributed by atoms with van der Waals surface area (Å²) in [6.07, 6.45) is 0. The van der Waals surface area contributed by atoms with Crippen LogP contribution in [0.4, 0.5) is 34.1 Å². The van der Waals surface area contributed by atoms with Crippen LogP contribution in [0.2, 0.25) is 0 Å². The van der Waals surface area contributed by atoms with Crippen LogP contribution in [0, 0.1) is 0 Å². The van der Waals surface area contributed by atoms with E-state index in [9.17, 15) is 19.2 Å². The summed E-state index contributed by atoms with van der Waals surface area (Å²) in [6, 6.07) is 135. The van der Waals surface area contributed by atoms with Gasteiger partial charge in [0.05, 0.1) is 58.0 Å². The van der Waals surface area contributed by atoms with E-state index in [0.29, 0.717) is 33.9 Å². The Hall–Kier alpha value is -17.6. The third-order valence-corrected chi connectivity index (χ3v) is 30.1. The van der Waals surface area contributed by atoms with Crippen LogP contribution >= 0.6 is 0 Å². The van der Waals surface area contributed by atoms with Crippen molar-refractivity contribution in [1.82, 2.24) is 9.13 Å². The molecule has 0 amide bonds. The average Bonchev–Trinajstić information content (AvgIpc) is 1.47. The second-order valence-electron chi connectivity index (χ2n) is 38.5. The van der Waals surface area contributed by atoms with Gasteiger partial charge < -0.3 is 18.9 Å². The van der Waals surface area contributed by atoms with Crippen molar-refractivity contribution < 1.29 is 19.2 Å². The van der Waals surface area contributed by atoms with Gasteiger partial charge in [-0.3, -0.25) is 0 Å². The van der Waals surface area contributed by atoms with Crippen LogP contribution in [0.5, 0.6) is 0 Å². The Morgan fingerprint density at radius 1 is 0.236 bits per heavy atom. The molecule has 0 N–H and O–H groups in total. The first-order chi connectivity index (χ1) is 74.9. The molecule has 2 aromatic heterocycles. The fourth-order valence-corrected chi connectivity index (χ4v) is 23.8. The van der Waals surface area contributed by atoms with Crippen LogP contribution in [-0.2, 0) is 10.8 Å². The fraction of sp³-hybridized carbons (Fsp3) is 0.0370. The van der Waals surface area contributed by atoms with Crippen molar-refractivity contribution in [2.24, 2.45) is 0 Å². The van der Waals surface area contributed by atoms with E-state index in [1.54, 1.807) is 33.4 Å². The Labute approximate surface area is 832 Å². The highest BCUT2D eigenvalue weighted by Crippen LogP contribution is 2.64. The lowest BCUT2D eigenvalue weighted by Gasteiger charge is -2.46. The van der Waals surface area contributed by atoms with E-state index >= 15 is 0 Å². The van der Waals surface area contributed by atoms with Crippen LogP contribution in [0.15, 0.2) is 485 Å². The van der Waals surface area contributed by atoms with Gasteiger partial charge in [-0.25, -0.2) is 0 Å². The van der Waals surface area contributed by atoms with Crippen molar-refractivity contribution in [2.75, 3.05) is 9.80 Å². The minimum Gasteiger partial charge on any atom is -0.310 e. The average molecular weight is 1790 g/mol. The first-order valence-electron chi connectivity index (χ1n) is 54.9. The minimum absolute atomic E-state index is 0.00377. The van der Waals surface area contributed by atoms with Crippen molar-refractivity contribution in [3.8, 4) is 112 Å². The second kappa shape index (κ2) is 30.7. The number of aromatic nitrogens is 2. The fourth-order valence-electron chi connectivity index (χ4n) is 23.8. The highest BCUT2D eigenvalue weighted by molar-refractivity contribution is 7.00. The number of fused-ring (bicyclic) bond motifs is 26. The first-order valence-corrected chi connectivity index (χ1v) is 47.9. The Bertz CT molecular complexity index is 10500. The molecule has 25 aromatic rings. The summed E-state index contributed by atoms with van der Waals surface area (Å²) >= 11 is 0. The van der Waals surface area contributed by atoms with E-state index < -0.39 is 65.9 Å². The van der Waals surface area contributed by atoms with Gasteiger partial charge in [-0.1, -0.05) is 403 Å². The summed E-state index contributed by atoms with van der Waals surface area (Å²) in [4.78, 5) is 4.86. The van der Waals surface area contributed by atoms with Gasteiger partial charge in [-0.05, 0) is 274 Å². The van der Waals surface area contributed by atoms with Gasteiger partial charge in [0, 0.05) is 77.9 Å². The van der Waals surface area contributed by atoms with Crippen molar-refractivity contribution >= 4 is 144 Å². The van der Waals surface area contributed by atoms with Crippen molar-refractivity contribution in [3.63, 3.8) is 0 Å². The maximum absolute atomic E-state index is 10.7. The molecular formula is C135H89BN4. The lowest BCUT2D eigenvalue weighted by atomic mass is 9.33. The Balaban J connectivity index is 0.817. The summed E-state index contributed by atoms with van der Waals surface area (Å²) < 4.78 is 146. The molecule has 29 rings (SSSR count). The molecule has 0 atom stereocenters. The Morgan fingerprint density at radius 3 is 1.13 bits per heavy atom. The molecule has 1 spiro atoms. The highest BCUT2D eigenvalue weighted by Gasteiger charge is 2.52. The molecule has 4 nitrogen and oxygen atoms in total. The van der Waals surface area contributed by atoms with Crippen molar-refractivity contribution in [1.29, 1.82) is 0 Å². The van der Waals surface area contributed by atoms with Gasteiger partial charge in [0.15, 0.2) is 0 Å². The predicted octanol–water partition coefficient (Wildman–Crippen LogP) is 33.9. The molecule has 0 saturated carbocycles. The van der Waals surface area contributed by atoms with E-state index in [1.165, 1.54) is 22.3 Å². The standard InChI is InChI=1S/C135H89BN4/c1-134(2,3)98-80-112(87-37-14-7-15-38-87)133(113(81-98)96-60-67-104-94(74-96)58-56-89-40-17-19-42-102(89)104)140-128-83-100(138-124-54-29-24-47-111(124)116-77-91(63-72-126(116)138)85-33-10-5-11-34-85)65-70-122(128)136-121-69-64-99(137-123-53-28-23-46-110(123)115-76-90(62-71-125(115)137)84-31-8-4-9-32-84)82-127(121)139(132-105(86-35-12-6-13-36-86)48-30-49-106(132)95-59-66-103-93(73-95)57-55-88-39-16-18-41-101(88)103)129-78-97(79-130(140)131(129)136)92-61-68-120-114(75-92)109-45-22-27-52-119(109)135(120)117-50-25-20-43-107(117)108-44-21-26-51-118(108)135/h4-83H,1-3H3/i23D,24D,28D,29D,46D,47D,53D,54D,62D,63D,71D,72D,76D,77D. The monoisotopic (exact) mass is 1790 g/mol. The Kier molecular flexibility index (Phi) is 14.6. The summed E-state index contributed by atoms with van der Waals surface area (Å²) in [6.45, 7) is 5.90. The molecule has 23 aromatic carbocycles. The predicted molar refractivity (Wildman–Crippen MR) is 592 cm³/mol. The number of hydrogen-bond acceptors (Lipinski definition) is 2. The molecule has 140 heavy (non-hydrogen) atoms.